The highest BCUT2D eigenvalue weighted by atomic mass is 28.4. The molecule has 0 fully saturated rings. The van der Waals surface area contributed by atoms with Gasteiger partial charge in [-0.15, -0.1) is 23.9 Å². The summed E-state index contributed by atoms with van der Waals surface area (Å²) in [6, 6.07) is 0. The van der Waals surface area contributed by atoms with Gasteiger partial charge in [0.25, 0.3) is 0 Å². The lowest BCUT2D eigenvalue weighted by molar-refractivity contribution is 0.571. The molecule has 0 saturated heterocycles. The zero-order valence-corrected chi connectivity index (χ0v) is 18.9. The Morgan fingerprint density at radius 1 is 0.619 bits per heavy atom. The van der Waals surface area contributed by atoms with Crippen molar-refractivity contribution >= 4 is 32.8 Å². The molecule has 0 aromatic heterocycles. The molecule has 0 radical (unpaired) electrons. The van der Waals surface area contributed by atoms with Crippen molar-refractivity contribution in [3.63, 3.8) is 0 Å². The van der Waals surface area contributed by atoms with E-state index >= 15 is 0 Å². The average molecular weight is 351 g/mol. The molecule has 0 atom stereocenters. The van der Waals surface area contributed by atoms with Gasteiger partial charge in [0.05, 0.1) is 0 Å². The lowest BCUT2D eigenvalue weighted by atomic mass is 11.2. The predicted molar refractivity (Wildman–Crippen MR) is 107 cm³/mol. The Kier molecular flexibility index (Phi) is 6.93. The van der Waals surface area contributed by atoms with Crippen molar-refractivity contribution in [1.82, 2.24) is 0 Å². The van der Waals surface area contributed by atoms with E-state index < -0.39 is 32.8 Å². The van der Waals surface area contributed by atoms with Crippen molar-refractivity contribution in [3.8, 4) is 23.9 Å². The third-order valence-corrected chi connectivity index (χ3v) is 13.4. The zero-order valence-electron chi connectivity index (χ0n) is 14.9. The van der Waals surface area contributed by atoms with E-state index in [1.807, 2.05) is 0 Å². The highest BCUT2D eigenvalue weighted by Gasteiger charge is 2.30. The van der Waals surface area contributed by atoms with Crippen LogP contribution in [0.1, 0.15) is 0 Å². The Hall–Kier alpha value is -0.572. The van der Waals surface area contributed by atoms with Crippen LogP contribution < -0.4 is 0 Å². The molecule has 0 heterocycles. The van der Waals surface area contributed by atoms with E-state index in [2.05, 4.69) is 86.3 Å². The quantitative estimate of drug-likeness (QED) is 0.508. The number of terminal acetylenes is 2. The van der Waals surface area contributed by atoms with Crippen molar-refractivity contribution in [3.05, 3.63) is 22.8 Å². The molecule has 0 bridgehead atoms. The largest absolute Gasteiger partial charge is 0.449 e. The molecule has 0 aromatic rings. The smallest absolute Gasteiger partial charge is 0.198 e. The second kappa shape index (κ2) is 7.13. The lowest BCUT2D eigenvalue weighted by Gasteiger charge is -2.30. The summed E-state index contributed by atoms with van der Waals surface area (Å²) in [6.07, 6.45) is 11.2. The molecule has 0 unspecified atom stereocenters. The summed E-state index contributed by atoms with van der Waals surface area (Å²) in [4.78, 5) is 0. The molecular formula is C16H30OSi4. The fraction of sp³-hybridized carbons (Fsp3) is 0.500. The molecule has 0 spiro atoms. The first-order valence-corrected chi connectivity index (χ1v) is 19.4. The maximum Gasteiger partial charge on any atom is 0.198 e. The Morgan fingerprint density at radius 2 is 0.905 bits per heavy atom. The van der Waals surface area contributed by atoms with E-state index in [1.165, 1.54) is 0 Å². The summed E-state index contributed by atoms with van der Waals surface area (Å²) in [7, 11) is -6.95. The van der Waals surface area contributed by atoms with Crippen LogP contribution in [-0.4, -0.2) is 32.8 Å². The first kappa shape index (κ1) is 20.4. The third-order valence-electron chi connectivity index (χ3n) is 3.07. The molecular weight excluding hydrogens is 321 g/mol. The predicted octanol–water partition coefficient (Wildman–Crippen LogP) is 4.44. The van der Waals surface area contributed by atoms with Gasteiger partial charge in [-0.25, -0.2) is 0 Å². The fourth-order valence-electron chi connectivity index (χ4n) is 1.66. The van der Waals surface area contributed by atoms with Gasteiger partial charge in [0.1, 0.15) is 0 Å². The van der Waals surface area contributed by atoms with Crippen LogP contribution in [-0.2, 0) is 4.12 Å². The summed E-state index contributed by atoms with van der Waals surface area (Å²) in [6.45, 7) is 17.6. The van der Waals surface area contributed by atoms with Crippen LogP contribution in [0.5, 0.6) is 0 Å². The van der Waals surface area contributed by atoms with Crippen LogP contribution in [0.15, 0.2) is 22.8 Å². The van der Waals surface area contributed by atoms with Gasteiger partial charge in [0.2, 0.25) is 0 Å². The molecule has 21 heavy (non-hydrogen) atoms. The molecule has 0 aliphatic carbocycles. The normalized spacial score (nSPS) is 14.4. The van der Waals surface area contributed by atoms with Gasteiger partial charge in [0, 0.05) is 0 Å². The number of hydrogen-bond donors (Lipinski definition) is 0. The summed E-state index contributed by atoms with van der Waals surface area (Å²) >= 11 is 0. The van der Waals surface area contributed by atoms with Crippen LogP contribution in [0.4, 0.5) is 0 Å². The van der Waals surface area contributed by atoms with Crippen LogP contribution in [0, 0.1) is 23.9 Å². The minimum Gasteiger partial charge on any atom is -0.449 e. The summed E-state index contributed by atoms with van der Waals surface area (Å²) in [5, 5.41) is 0. The van der Waals surface area contributed by atoms with Gasteiger partial charge in [-0.2, -0.15) is 0 Å². The highest BCUT2D eigenvalue weighted by molar-refractivity contribution is 6.95. The first-order valence-electron chi connectivity index (χ1n) is 7.31. The minimum atomic E-state index is -1.84. The van der Waals surface area contributed by atoms with Crippen molar-refractivity contribution in [2.24, 2.45) is 0 Å². The second-order valence-electron chi connectivity index (χ2n) is 7.71. The first-order chi connectivity index (χ1) is 9.24. The monoisotopic (exact) mass is 350 g/mol. The van der Waals surface area contributed by atoms with Gasteiger partial charge in [-0.1, -0.05) is 49.0 Å². The van der Waals surface area contributed by atoms with Crippen molar-refractivity contribution in [1.29, 1.82) is 0 Å². The molecule has 0 aliphatic heterocycles. The third kappa shape index (κ3) is 9.13. The molecule has 0 saturated carbocycles. The Labute approximate surface area is 136 Å². The molecule has 0 aliphatic rings. The molecule has 0 rings (SSSR count). The van der Waals surface area contributed by atoms with E-state index in [4.69, 9.17) is 17.0 Å². The lowest BCUT2D eigenvalue weighted by Crippen LogP contribution is -2.43. The molecule has 1 nitrogen and oxygen atoms in total. The molecule has 116 valence electrons. The topological polar surface area (TPSA) is 9.23 Å². The van der Waals surface area contributed by atoms with Crippen molar-refractivity contribution in [2.45, 2.75) is 52.4 Å². The van der Waals surface area contributed by atoms with Gasteiger partial charge in [0.15, 0.2) is 32.8 Å². The van der Waals surface area contributed by atoms with Gasteiger partial charge in [-0.05, 0) is 26.2 Å². The van der Waals surface area contributed by atoms with E-state index in [0.29, 0.717) is 0 Å². The van der Waals surface area contributed by atoms with E-state index in [9.17, 15) is 0 Å². The average Bonchev–Trinajstić information content (AvgIpc) is 2.34. The van der Waals surface area contributed by atoms with Crippen molar-refractivity contribution in [2.75, 3.05) is 0 Å². The summed E-state index contributed by atoms with van der Waals surface area (Å²) < 4.78 is 6.52. The summed E-state index contributed by atoms with van der Waals surface area (Å²) in [5.74, 6) is 0. The van der Waals surface area contributed by atoms with E-state index in [0.717, 1.165) is 0 Å². The van der Waals surface area contributed by atoms with Crippen LogP contribution >= 0.6 is 0 Å². The fourth-order valence-corrected chi connectivity index (χ4v) is 14.4. The van der Waals surface area contributed by atoms with Gasteiger partial charge in [-0.3, -0.25) is 0 Å². The molecule has 0 aromatic carbocycles. The maximum absolute atomic E-state index is 6.52. The van der Waals surface area contributed by atoms with E-state index in [-0.39, 0.29) is 0 Å². The van der Waals surface area contributed by atoms with Gasteiger partial charge >= 0.3 is 0 Å². The second-order valence-corrected chi connectivity index (χ2v) is 23.7. The van der Waals surface area contributed by atoms with E-state index in [1.54, 1.807) is 0 Å². The minimum absolute atomic E-state index is 1.64. The number of rotatable bonds is 6. The number of hydrogen-bond acceptors (Lipinski definition) is 1. The summed E-state index contributed by atoms with van der Waals surface area (Å²) in [5.41, 5.74) is 14.9. The highest BCUT2D eigenvalue weighted by Crippen LogP contribution is 2.19. The molecule has 0 N–H and O–H groups in total. The van der Waals surface area contributed by atoms with Gasteiger partial charge < -0.3 is 4.12 Å². The molecule has 5 heteroatoms. The standard InChI is InChI=1S/C16H30OSi4/c1-11-18(3,4)13-15-20(7,8)17-21(9,10)16-14-19(5,6)12-2/h1-2,13-16H,3-10H3. The van der Waals surface area contributed by atoms with Crippen molar-refractivity contribution < 1.29 is 4.12 Å². The van der Waals surface area contributed by atoms with Crippen LogP contribution in [0.2, 0.25) is 52.4 Å². The molecule has 0 amide bonds. The van der Waals surface area contributed by atoms with Crippen LogP contribution in [0.25, 0.3) is 0 Å². The SMILES string of the molecule is C#C[Si](C)(C)C=C[Si](C)(C)O[Si](C)(C)C=C[Si](C)(C)C#C. The zero-order chi connectivity index (χ0) is 16.9. The Morgan fingerprint density at radius 3 is 1.14 bits per heavy atom. The Bertz CT molecular complexity index is 453. The Balaban J connectivity index is 5.02. The van der Waals surface area contributed by atoms with Crippen LogP contribution in [0.3, 0.4) is 0 Å². The maximum atomic E-state index is 6.52.